The standard InChI is InChI=1S/C12H11BrN2O2S3/c1-18-11-14-15-12(20-11)19-6-7-4-9-10(5-8(7)13)17-3-2-16-9/h4-5H,2-3,6H2,1H3. The lowest BCUT2D eigenvalue weighted by atomic mass is 10.2. The maximum atomic E-state index is 5.61. The van der Waals surface area contributed by atoms with E-state index in [1.807, 2.05) is 18.4 Å². The topological polar surface area (TPSA) is 44.2 Å². The van der Waals surface area contributed by atoms with Gasteiger partial charge < -0.3 is 9.47 Å². The molecule has 0 saturated heterocycles. The van der Waals surface area contributed by atoms with Crippen LogP contribution >= 0.6 is 50.8 Å². The molecule has 1 aromatic heterocycles. The van der Waals surface area contributed by atoms with E-state index in [2.05, 4.69) is 26.1 Å². The summed E-state index contributed by atoms with van der Waals surface area (Å²) in [6.45, 7) is 1.21. The first-order valence-electron chi connectivity index (χ1n) is 5.84. The van der Waals surface area contributed by atoms with E-state index in [0.29, 0.717) is 13.2 Å². The van der Waals surface area contributed by atoms with Crippen LogP contribution in [0, 0.1) is 0 Å². The number of hydrogen-bond acceptors (Lipinski definition) is 7. The summed E-state index contributed by atoms with van der Waals surface area (Å²) in [7, 11) is 0. The van der Waals surface area contributed by atoms with Crippen LogP contribution in [0.4, 0.5) is 0 Å². The fourth-order valence-electron chi connectivity index (χ4n) is 1.69. The zero-order valence-corrected chi connectivity index (χ0v) is 14.6. The molecule has 1 aliphatic heterocycles. The van der Waals surface area contributed by atoms with Gasteiger partial charge in [0.15, 0.2) is 20.2 Å². The Morgan fingerprint density at radius 2 is 1.90 bits per heavy atom. The lowest BCUT2D eigenvalue weighted by molar-refractivity contribution is 0.171. The molecule has 0 atom stereocenters. The third-order valence-electron chi connectivity index (χ3n) is 2.62. The van der Waals surface area contributed by atoms with E-state index in [9.17, 15) is 0 Å². The highest BCUT2D eigenvalue weighted by molar-refractivity contribution is 9.10. The number of hydrogen-bond donors (Lipinski definition) is 0. The number of nitrogens with zero attached hydrogens (tertiary/aromatic N) is 2. The fraction of sp³-hybridized carbons (Fsp3) is 0.333. The molecule has 8 heteroatoms. The van der Waals surface area contributed by atoms with E-state index in [0.717, 1.165) is 30.4 Å². The molecular weight excluding hydrogens is 380 g/mol. The van der Waals surface area contributed by atoms with Crippen molar-refractivity contribution >= 4 is 50.8 Å². The van der Waals surface area contributed by atoms with E-state index in [4.69, 9.17) is 9.47 Å². The van der Waals surface area contributed by atoms with Gasteiger partial charge in [0.1, 0.15) is 13.2 Å². The average molecular weight is 391 g/mol. The lowest BCUT2D eigenvalue weighted by Gasteiger charge is -2.19. The minimum atomic E-state index is 0.606. The summed E-state index contributed by atoms with van der Waals surface area (Å²) in [6, 6.07) is 4.00. The van der Waals surface area contributed by atoms with Crippen LogP contribution in [0.2, 0.25) is 0 Å². The molecule has 106 valence electrons. The van der Waals surface area contributed by atoms with Crippen LogP contribution in [0.25, 0.3) is 0 Å². The molecule has 2 aromatic rings. The number of benzene rings is 1. The Kier molecular flexibility index (Phi) is 4.75. The fourth-order valence-corrected chi connectivity index (χ4v) is 4.77. The minimum absolute atomic E-state index is 0.606. The Morgan fingerprint density at radius 3 is 2.60 bits per heavy atom. The number of thioether (sulfide) groups is 2. The van der Waals surface area contributed by atoms with Crippen molar-refractivity contribution in [3.63, 3.8) is 0 Å². The van der Waals surface area contributed by atoms with Crippen molar-refractivity contribution in [2.45, 2.75) is 14.4 Å². The summed E-state index contributed by atoms with van der Waals surface area (Å²) in [4.78, 5) is 0. The van der Waals surface area contributed by atoms with Crippen molar-refractivity contribution in [2.24, 2.45) is 0 Å². The molecule has 1 aliphatic rings. The second-order valence-corrected chi connectivity index (χ2v) is 8.02. The van der Waals surface area contributed by atoms with Crippen molar-refractivity contribution in [2.75, 3.05) is 19.5 Å². The first-order valence-corrected chi connectivity index (χ1v) is 9.66. The number of ether oxygens (including phenoxy) is 2. The Balaban J connectivity index is 1.73. The van der Waals surface area contributed by atoms with Gasteiger partial charge in [-0.05, 0) is 24.0 Å². The molecule has 0 N–H and O–H groups in total. The number of rotatable bonds is 4. The van der Waals surface area contributed by atoms with Gasteiger partial charge >= 0.3 is 0 Å². The van der Waals surface area contributed by atoms with Crippen molar-refractivity contribution in [1.29, 1.82) is 0 Å². The molecule has 1 aromatic carbocycles. The van der Waals surface area contributed by atoms with E-state index in [-0.39, 0.29) is 0 Å². The van der Waals surface area contributed by atoms with Crippen LogP contribution in [0.5, 0.6) is 11.5 Å². The molecule has 0 spiro atoms. The molecule has 0 amide bonds. The van der Waals surface area contributed by atoms with E-state index in [1.165, 1.54) is 5.56 Å². The number of aromatic nitrogens is 2. The third kappa shape index (κ3) is 3.24. The highest BCUT2D eigenvalue weighted by Gasteiger charge is 2.15. The molecule has 0 aliphatic carbocycles. The predicted octanol–water partition coefficient (Wildman–Crippen LogP) is 4.09. The molecule has 4 nitrogen and oxygen atoms in total. The van der Waals surface area contributed by atoms with Gasteiger partial charge in [-0.2, -0.15) is 0 Å². The zero-order chi connectivity index (χ0) is 13.9. The van der Waals surface area contributed by atoms with Gasteiger partial charge in [-0.15, -0.1) is 10.2 Å². The number of fused-ring (bicyclic) bond motifs is 1. The first-order chi connectivity index (χ1) is 9.76. The Hall–Kier alpha value is -0.440. The monoisotopic (exact) mass is 390 g/mol. The van der Waals surface area contributed by atoms with E-state index < -0.39 is 0 Å². The van der Waals surface area contributed by atoms with Crippen molar-refractivity contribution < 1.29 is 9.47 Å². The normalized spacial score (nSPS) is 13.5. The zero-order valence-electron chi connectivity index (χ0n) is 10.6. The van der Waals surface area contributed by atoms with Gasteiger partial charge in [0.05, 0.1) is 0 Å². The molecule has 0 saturated carbocycles. The lowest BCUT2D eigenvalue weighted by Crippen LogP contribution is -2.15. The second-order valence-electron chi connectivity index (χ2n) is 3.91. The van der Waals surface area contributed by atoms with Crippen LogP contribution in [-0.4, -0.2) is 29.7 Å². The molecule has 0 fully saturated rings. The molecule has 0 radical (unpaired) electrons. The summed E-state index contributed by atoms with van der Waals surface area (Å²) in [6.07, 6.45) is 2.01. The highest BCUT2D eigenvalue weighted by atomic mass is 79.9. The molecule has 3 rings (SSSR count). The Bertz CT molecular complexity index is 621. The summed E-state index contributed by atoms with van der Waals surface area (Å²) >= 11 is 8.50. The largest absolute Gasteiger partial charge is 0.486 e. The predicted molar refractivity (Wildman–Crippen MR) is 86.4 cm³/mol. The van der Waals surface area contributed by atoms with Gasteiger partial charge in [0.2, 0.25) is 0 Å². The van der Waals surface area contributed by atoms with Crippen molar-refractivity contribution in [3.8, 4) is 11.5 Å². The van der Waals surface area contributed by atoms with Gasteiger partial charge in [-0.1, -0.05) is 50.8 Å². The van der Waals surface area contributed by atoms with Crippen LogP contribution in [0.15, 0.2) is 25.3 Å². The maximum absolute atomic E-state index is 5.61. The van der Waals surface area contributed by atoms with Crippen molar-refractivity contribution in [3.05, 3.63) is 22.2 Å². The molecular formula is C12H11BrN2O2S3. The molecule has 20 heavy (non-hydrogen) atoms. The third-order valence-corrected chi connectivity index (χ3v) is 6.44. The van der Waals surface area contributed by atoms with Crippen LogP contribution in [-0.2, 0) is 5.75 Å². The van der Waals surface area contributed by atoms with Gasteiger partial charge in [0.25, 0.3) is 0 Å². The van der Waals surface area contributed by atoms with Gasteiger partial charge in [0, 0.05) is 10.2 Å². The molecule has 0 bridgehead atoms. The van der Waals surface area contributed by atoms with Crippen LogP contribution in [0.1, 0.15) is 5.56 Å². The highest BCUT2D eigenvalue weighted by Crippen LogP contribution is 2.38. The molecule has 2 heterocycles. The Labute approximate surface area is 137 Å². The van der Waals surface area contributed by atoms with E-state index in [1.54, 1.807) is 34.9 Å². The Morgan fingerprint density at radius 1 is 1.20 bits per heavy atom. The smallest absolute Gasteiger partial charge is 0.175 e. The summed E-state index contributed by atoms with van der Waals surface area (Å²) in [5.41, 5.74) is 1.17. The summed E-state index contributed by atoms with van der Waals surface area (Å²) in [5.74, 6) is 2.44. The molecule has 0 unspecified atom stereocenters. The summed E-state index contributed by atoms with van der Waals surface area (Å²) < 4.78 is 14.2. The average Bonchev–Trinajstić information content (AvgIpc) is 2.93. The second kappa shape index (κ2) is 6.55. The minimum Gasteiger partial charge on any atom is -0.486 e. The quantitative estimate of drug-likeness (QED) is 0.732. The first kappa shape index (κ1) is 14.5. The van der Waals surface area contributed by atoms with E-state index >= 15 is 0 Å². The maximum Gasteiger partial charge on any atom is 0.175 e. The van der Waals surface area contributed by atoms with Gasteiger partial charge in [-0.3, -0.25) is 0 Å². The van der Waals surface area contributed by atoms with Crippen LogP contribution in [0.3, 0.4) is 0 Å². The summed E-state index contributed by atoms with van der Waals surface area (Å²) in [5, 5.41) is 8.25. The van der Waals surface area contributed by atoms with Crippen molar-refractivity contribution in [1.82, 2.24) is 10.2 Å². The SMILES string of the molecule is CSc1nnc(SCc2cc3c(cc2Br)OCCO3)s1. The van der Waals surface area contributed by atoms with Gasteiger partial charge in [-0.25, -0.2) is 0 Å². The van der Waals surface area contributed by atoms with Crippen LogP contribution < -0.4 is 9.47 Å². The number of halogens is 1.